The maximum absolute atomic E-state index is 12.7. The predicted molar refractivity (Wildman–Crippen MR) is 86.0 cm³/mol. The summed E-state index contributed by atoms with van der Waals surface area (Å²) in [6.07, 6.45) is -4.35. The highest BCUT2D eigenvalue weighted by Crippen LogP contribution is 2.31. The third-order valence-electron chi connectivity index (χ3n) is 3.34. The molecule has 130 valence electrons. The van der Waals surface area contributed by atoms with E-state index in [9.17, 15) is 18.0 Å². The number of alkyl halides is 3. The molecule has 0 aliphatic rings. The van der Waals surface area contributed by atoms with Crippen molar-refractivity contribution in [2.24, 2.45) is 0 Å². The maximum Gasteiger partial charge on any atom is 0.416 e. The van der Waals surface area contributed by atoms with Crippen LogP contribution in [0, 0.1) is 11.3 Å². The molecule has 0 saturated carbocycles. The molecule has 7 heteroatoms. The molecule has 2 aromatic carbocycles. The molecule has 0 aromatic heterocycles. The van der Waals surface area contributed by atoms with E-state index in [0.29, 0.717) is 5.69 Å². The minimum atomic E-state index is -4.48. The minimum Gasteiger partial charge on any atom is -0.484 e. The van der Waals surface area contributed by atoms with Crippen molar-refractivity contribution in [1.29, 1.82) is 5.26 Å². The molecular formula is C18H15F3N2O2. The molecule has 0 N–H and O–H groups in total. The van der Waals surface area contributed by atoms with E-state index in [1.54, 1.807) is 30.3 Å². The van der Waals surface area contributed by atoms with Crippen molar-refractivity contribution in [3.05, 3.63) is 60.2 Å². The number of carbonyl (C=O) groups is 1. The van der Waals surface area contributed by atoms with Gasteiger partial charge in [-0.15, -0.1) is 0 Å². The van der Waals surface area contributed by atoms with E-state index in [4.69, 9.17) is 10.00 Å². The van der Waals surface area contributed by atoms with Crippen molar-refractivity contribution in [2.75, 3.05) is 18.1 Å². The highest BCUT2D eigenvalue weighted by atomic mass is 19.4. The summed E-state index contributed by atoms with van der Waals surface area (Å²) in [6.45, 7) is -0.257. The number of rotatable bonds is 6. The largest absolute Gasteiger partial charge is 0.484 e. The highest BCUT2D eigenvalue weighted by molar-refractivity contribution is 5.94. The summed E-state index contributed by atoms with van der Waals surface area (Å²) >= 11 is 0. The van der Waals surface area contributed by atoms with Gasteiger partial charge in [0, 0.05) is 12.2 Å². The van der Waals surface area contributed by atoms with Crippen LogP contribution in [0.4, 0.5) is 18.9 Å². The SMILES string of the molecule is N#CCCN(C(=O)COc1cccc(C(F)(F)F)c1)c1ccccc1. The van der Waals surface area contributed by atoms with Crippen LogP contribution in [0.5, 0.6) is 5.75 Å². The van der Waals surface area contributed by atoms with E-state index in [0.717, 1.165) is 12.1 Å². The Balaban J connectivity index is 2.08. The molecule has 0 aliphatic heterocycles. The smallest absolute Gasteiger partial charge is 0.416 e. The van der Waals surface area contributed by atoms with Crippen LogP contribution in [0.15, 0.2) is 54.6 Å². The monoisotopic (exact) mass is 348 g/mol. The summed E-state index contributed by atoms with van der Waals surface area (Å²) in [5, 5.41) is 8.73. The number of para-hydroxylation sites is 1. The number of carbonyl (C=O) groups excluding carboxylic acids is 1. The Morgan fingerprint density at radius 3 is 2.48 bits per heavy atom. The minimum absolute atomic E-state index is 0.0449. The van der Waals surface area contributed by atoms with Crippen LogP contribution in [0.3, 0.4) is 0 Å². The number of anilines is 1. The Labute approximate surface area is 143 Å². The lowest BCUT2D eigenvalue weighted by molar-refractivity contribution is -0.137. The quantitative estimate of drug-likeness (QED) is 0.792. The number of nitrogens with zero attached hydrogens (tertiary/aromatic N) is 2. The van der Waals surface area contributed by atoms with Gasteiger partial charge in [-0.05, 0) is 30.3 Å². The Morgan fingerprint density at radius 1 is 1.12 bits per heavy atom. The topological polar surface area (TPSA) is 53.3 Å². The van der Waals surface area contributed by atoms with Crippen LogP contribution < -0.4 is 9.64 Å². The van der Waals surface area contributed by atoms with Gasteiger partial charge in [0.15, 0.2) is 6.61 Å². The fraction of sp³-hybridized carbons (Fsp3) is 0.222. The number of hydrogen-bond donors (Lipinski definition) is 0. The van der Waals surface area contributed by atoms with Crippen molar-refractivity contribution in [3.8, 4) is 11.8 Å². The van der Waals surface area contributed by atoms with Crippen LogP contribution in [0.25, 0.3) is 0 Å². The van der Waals surface area contributed by atoms with Crippen molar-refractivity contribution in [1.82, 2.24) is 0 Å². The van der Waals surface area contributed by atoms with Gasteiger partial charge in [-0.1, -0.05) is 24.3 Å². The molecule has 0 bridgehead atoms. The molecule has 0 unspecified atom stereocenters. The summed E-state index contributed by atoms with van der Waals surface area (Å²) in [7, 11) is 0. The normalized spacial score (nSPS) is 10.8. The number of amides is 1. The van der Waals surface area contributed by atoms with Gasteiger partial charge in [0.25, 0.3) is 5.91 Å². The molecule has 25 heavy (non-hydrogen) atoms. The van der Waals surface area contributed by atoms with Gasteiger partial charge in [-0.3, -0.25) is 4.79 Å². The second-order valence-corrected chi connectivity index (χ2v) is 5.10. The zero-order valence-electron chi connectivity index (χ0n) is 13.2. The molecule has 4 nitrogen and oxygen atoms in total. The lowest BCUT2D eigenvalue weighted by Crippen LogP contribution is -2.35. The number of ether oxygens (including phenoxy) is 1. The van der Waals surface area contributed by atoms with Gasteiger partial charge in [0.2, 0.25) is 0 Å². The van der Waals surface area contributed by atoms with Crippen LogP contribution in [-0.4, -0.2) is 19.1 Å². The first-order valence-corrected chi connectivity index (χ1v) is 7.44. The van der Waals surface area contributed by atoms with Crippen LogP contribution >= 0.6 is 0 Å². The second-order valence-electron chi connectivity index (χ2n) is 5.10. The molecule has 0 fully saturated rings. The van der Waals surface area contributed by atoms with Crippen molar-refractivity contribution < 1.29 is 22.7 Å². The first-order valence-electron chi connectivity index (χ1n) is 7.44. The molecule has 2 rings (SSSR count). The maximum atomic E-state index is 12.7. The Morgan fingerprint density at radius 2 is 1.84 bits per heavy atom. The first-order chi connectivity index (χ1) is 11.9. The van der Waals surface area contributed by atoms with Crippen molar-refractivity contribution in [3.63, 3.8) is 0 Å². The zero-order chi connectivity index (χ0) is 18.3. The number of hydrogen-bond acceptors (Lipinski definition) is 3. The van der Waals surface area contributed by atoms with Crippen LogP contribution in [0.1, 0.15) is 12.0 Å². The van der Waals surface area contributed by atoms with Gasteiger partial charge >= 0.3 is 6.18 Å². The zero-order valence-corrected chi connectivity index (χ0v) is 13.2. The molecule has 0 aliphatic carbocycles. The molecule has 0 spiro atoms. The van der Waals surface area contributed by atoms with Gasteiger partial charge in [-0.2, -0.15) is 18.4 Å². The molecular weight excluding hydrogens is 333 g/mol. The summed E-state index contributed by atoms with van der Waals surface area (Å²) in [5.41, 5.74) is -0.253. The standard InChI is InChI=1S/C18H15F3N2O2/c19-18(20,21)14-6-4-9-16(12-14)25-13-17(24)23(11-5-10-22)15-7-2-1-3-8-15/h1-4,6-9,12H,5,11,13H2. The van der Waals surface area contributed by atoms with Gasteiger partial charge in [-0.25, -0.2) is 0 Å². The summed E-state index contributed by atoms with van der Waals surface area (Å²) in [4.78, 5) is 13.7. The first kappa shape index (κ1) is 18.3. The summed E-state index contributed by atoms with van der Waals surface area (Å²) in [5.74, 6) is -0.490. The van der Waals surface area contributed by atoms with Crippen molar-refractivity contribution >= 4 is 11.6 Å². The van der Waals surface area contributed by atoms with E-state index in [1.165, 1.54) is 17.0 Å². The van der Waals surface area contributed by atoms with Crippen LogP contribution in [-0.2, 0) is 11.0 Å². The predicted octanol–water partition coefficient (Wildman–Crippen LogP) is 4.03. The number of nitriles is 1. The molecule has 1 amide bonds. The van der Waals surface area contributed by atoms with Gasteiger partial charge < -0.3 is 9.64 Å². The molecule has 2 aromatic rings. The van der Waals surface area contributed by atoms with Gasteiger partial charge in [0.05, 0.1) is 18.1 Å². The lowest BCUT2D eigenvalue weighted by atomic mass is 10.2. The third kappa shape index (κ3) is 5.24. The second kappa shape index (κ2) is 8.20. The fourth-order valence-corrected chi connectivity index (χ4v) is 2.15. The highest BCUT2D eigenvalue weighted by Gasteiger charge is 2.30. The molecule has 0 saturated heterocycles. The molecule has 0 atom stereocenters. The third-order valence-corrected chi connectivity index (χ3v) is 3.34. The lowest BCUT2D eigenvalue weighted by Gasteiger charge is -2.22. The summed E-state index contributed by atoms with van der Waals surface area (Å²) < 4.78 is 43.3. The van der Waals surface area contributed by atoms with E-state index < -0.39 is 24.3 Å². The number of benzene rings is 2. The van der Waals surface area contributed by atoms with E-state index >= 15 is 0 Å². The Bertz CT molecular complexity index is 755. The molecule has 0 heterocycles. The fourth-order valence-electron chi connectivity index (χ4n) is 2.15. The molecule has 0 radical (unpaired) electrons. The average molecular weight is 348 g/mol. The summed E-state index contributed by atoms with van der Waals surface area (Å²) in [6, 6.07) is 15.0. The van der Waals surface area contributed by atoms with Crippen molar-refractivity contribution in [2.45, 2.75) is 12.6 Å². The van der Waals surface area contributed by atoms with E-state index in [-0.39, 0.29) is 18.7 Å². The number of halogens is 3. The average Bonchev–Trinajstić information content (AvgIpc) is 2.61. The van der Waals surface area contributed by atoms with E-state index in [2.05, 4.69) is 0 Å². The van der Waals surface area contributed by atoms with Crippen LogP contribution in [0.2, 0.25) is 0 Å². The Kier molecular flexibility index (Phi) is 6.01. The van der Waals surface area contributed by atoms with Gasteiger partial charge in [0.1, 0.15) is 5.75 Å². The Hall–Kier alpha value is -3.01. The van der Waals surface area contributed by atoms with E-state index in [1.807, 2.05) is 6.07 Å².